The van der Waals surface area contributed by atoms with Crippen LogP contribution in [0.4, 0.5) is 0 Å². The molecule has 1 fully saturated rings. The van der Waals surface area contributed by atoms with E-state index in [1.165, 1.54) is 11.5 Å². The molecule has 17 heavy (non-hydrogen) atoms. The highest BCUT2D eigenvalue weighted by molar-refractivity contribution is 7.13. The van der Waals surface area contributed by atoms with Gasteiger partial charge in [0.25, 0.3) is 0 Å². The number of nitrogens with zero attached hydrogens (tertiary/aromatic N) is 1. The molecule has 88 valence electrons. The molecule has 0 spiro atoms. The smallest absolute Gasteiger partial charge is 0.314 e. The first-order chi connectivity index (χ1) is 8.22. The zero-order chi connectivity index (χ0) is 11.9. The van der Waals surface area contributed by atoms with Gasteiger partial charge in [0.2, 0.25) is 0 Å². The van der Waals surface area contributed by atoms with Crippen molar-refractivity contribution in [1.82, 2.24) is 4.37 Å². The van der Waals surface area contributed by atoms with Gasteiger partial charge in [0, 0.05) is 11.6 Å². The number of carboxylic acids is 1. The van der Waals surface area contributed by atoms with Crippen molar-refractivity contribution in [1.29, 1.82) is 0 Å². The fraction of sp³-hybridized carbons (Fsp3) is 0.385. The molecule has 1 aliphatic rings. The van der Waals surface area contributed by atoms with Gasteiger partial charge in [0.1, 0.15) is 0 Å². The van der Waals surface area contributed by atoms with E-state index in [4.69, 9.17) is 0 Å². The Kier molecular flexibility index (Phi) is 2.40. The maximum atomic E-state index is 11.6. The normalized spacial score (nSPS) is 18.6. The second kappa shape index (κ2) is 3.81. The van der Waals surface area contributed by atoms with Crippen molar-refractivity contribution >= 4 is 27.6 Å². The molecule has 1 aromatic heterocycles. The van der Waals surface area contributed by atoms with Crippen LogP contribution in [0.3, 0.4) is 0 Å². The van der Waals surface area contributed by atoms with Crippen LogP contribution in [0.1, 0.15) is 31.2 Å². The minimum atomic E-state index is -0.683. The van der Waals surface area contributed by atoms with Gasteiger partial charge in [-0.3, -0.25) is 4.79 Å². The van der Waals surface area contributed by atoms with Gasteiger partial charge in [0.05, 0.1) is 10.1 Å². The second-order valence-electron chi connectivity index (χ2n) is 4.67. The first-order valence-electron chi connectivity index (χ1n) is 5.81. The van der Waals surface area contributed by atoms with Crippen molar-refractivity contribution in [2.75, 3.05) is 0 Å². The Morgan fingerprint density at radius 1 is 1.35 bits per heavy atom. The molecule has 1 N–H and O–H groups in total. The first-order valence-corrected chi connectivity index (χ1v) is 6.58. The highest BCUT2D eigenvalue weighted by Gasteiger charge is 2.42. The van der Waals surface area contributed by atoms with E-state index in [9.17, 15) is 9.90 Å². The predicted molar refractivity (Wildman–Crippen MR) is 67.4 cm³/mol. The molecule has 1 aliphatic carbocycles. The lowest BCUT2D eigenvalue weighted by molar-refractivity contribution is -0.143. The molecule has 0 saturated heterocycles. The molecule has 3 nitrogen and oxygen atoms in total. The lowest BCUT2D eigenvalue weighted by Gasteiger charge is -2.24. The maximum Gasteiger partial charge on any atom is 0.314 e. The largest absolute Gasteiger partial charge is 0.481 e. The zero-order valence-corrected chi connectivity index (χ0v) is 10.2. The van der Waals surface area contributed by atoms with Crippen molar-refractivity contribution in [3.05, 3.63) is 30.0 Å². The standard InChI is InChI=1S/C13H13NO2S/c15-12(16)13(5-1-2-6-13)10-3-4-11-9(7-10)8-14-17-11/h3-4,7-8H,1-2,5-6H2,(H,15,16). The molecule has 0 atom stereocenters. The third kappa shape index (κ3) is 1.55. The molecular formula is C13H13NO2S. The number of hydrogen-bond acceptors (Lipinski definition) is 3. The van der Waals surface area contributed by atoms with Crippen molar-refractivity contribution in [2.45, 2.75) is 31.1 Å². The van der Waals surface area contributed by atoms with Gasteiger partial charge < -0.3 is 5.11 Å². The topological polar surface area (TPSA) is 50.2 Å². The van der Waals surface area contributed by atoms with E-state index in [0.29, 0.717) is 0 Å². The van der Waals surface area contributed by atoms with Gasteiger partial charge in [-0.25, -0.2) is 0 Å². The van der Waals surface area contributed by atoms with E-state index >= 15 is 0 Å². The van der Waals surface area contributed by atoms with Gasteiger partial charge >= 0.3 is 5.97 Å². The Morgan fingerprint density at radius 2 is 2.12 bits per heavy atom. The van der Waals surface area contributed by atoms with Crippen molar-refractivity contribution in [2.24, 2.45) is 0 Å². The summed E-state index contributed by atoms with van der Waals surface area (Å²) in [6, 6.07) is 5.95. The highest BCUT2D eigenvalue weighted by Crippen LogP contribution is 2.42. The van der Waals surface area contributed by atoms with Crippen molar-refractivity contribution in [3.63, 3.8) is 0 Å². The van der Waals surface area contributed by atoms with E-state index in [0.717, 1.165) is 41.3 Å². The van der Waals surface area contributed by atoms with E-state index in [-0.39, 0.29) is 0 Å². The molecule has 0 amide bonds. The van der Waals surface area contributed by atoms with Crippen LogP contribution in [0.15, 0.2) is 24.4 Å². The molecule has 3 rings (SSSR count). The van der Waals surface area contributed by atoms with Crippen molar-refractivity contribution < 1.29 is 9.90 Å². The number of hydrogen-bond donors (Lipinski definition) is 1. The van der Waals surface area contributed by atoms with Gasteiger partial charge in [-0.1, -0.05) is 18.9 Å². The summed E-state index contributed by atoms with van der Waals surface area (Å²) in [6.07, 6.45) is 5.34. The fourth-order valence-corrected chi connectivity index (χ4v) is 3.40. The monoisotopic (exact) mass is 247 g/mol. The molecular weight excluding hydrogens is 234 g/mol. The van der Waals surface area contributed by atoms with Crippen LogP contribution in [0.25, 0.3) is 10.1 Å². The van der Waals surface area contributed by atoms with Gasteiger partial charge in [-0.2, -0.15) is 4.37 Å². The Labute approximate surface area is 103 Å². The summed E-state index contributed by atoms with van der Waals surface area (Å²) < 4.78 is 5.25. The maximum absolute atomic E-state index is 11.6. The molecule has 1 saturated carbocycles. The first kappa shape index (κ1) is 10.7. The minimum Gasteiger partial charge on any atom is -0.481 e. The van der Waals surface area contributed by atoms with Crippen LogP contribution >= 0.6 is 11.5 Å². The Morgan fingerprint density at radius 3 is 2.82 bits per heavy atom. The van der Waals surface area contributed by atoms with Gasteiger partial charge in [0.15, 0.2) is 0 Å². The number of fused-ring (bicyclic) bond motifs is 1. The number of aromatic nitrogens is 1. The fourth-order valence-electron chi connectivity index (χ4n) is 2.77. The summed E-state index contributed by atoms with van der Waals surface area (Å²) in [5.74, 6) is -0.683. The average molecular weight is 247 g/mol. The van der Waals surface area contributed by atoms with Crippen LogP contribution < -0.4 is 0 Å². The van der Waals surface area contributed by atoms with E-state index in [2.05, 4.69) is 4.37 Å². The van der Waals surface area contributed by atoms with Crippen molar-refractivity contribution in [3.8, 4) is 0 Å². The Hall–Kier alpha value is -1.42. The summed E-state index contributed by atoms with van der Waals surface area (Å²) in [7, 11) is 0. The average Bonchev–Trinajstić information content (AvgIpc) is 2.97. The highest BCUT2D eigenvalue weighted by atomic mass is 32.1. The predicted octanol–water partition coefficient (Wildman–Crippen LogP) is 3.19. The second-order valence-corrected chi connectivity index (χ2v) is 5.51. The number of rotatable bonds is 2. The molecule has 0 aliphatic heterocycles. The zero-order valence-electron chi connectivity index (χ0n) is 9.35. The number of benzene rings is 1. The number of carboxylic acid groups (broad SMARTS) is 1. The quantitative estimate of drug-likeness (QED) is 0.886. The van der Waals surface area contributed by atoms with E-state index in [1.54, 1.807) is 0 Å². The minimum absolute atomic E-state index is 0.657. The van der Waals surface area contributed by atoms with E-state index < -0.39 is 11.4 Å². The molecule has 0 bridgehead atoms. The van der Waals surface area contributed by atoms with Gasteiger partial charge in [-0.15, -0.1) is 0 Å². The lowest BCUT2D eigenvalue weighted by atomic mass is 9.79. The Bertz CT molecular complexity index is 570. The Balaban J connectivity index is 2.14. The third-order valence-corrected chi connectivity index (χ3v) is 4.55. The SMILES string of the molecule is O=C(O)C1(c2ccc3sncc3c2)CCCC1. The summed E-state index contributed by atoms with van der Waals surface area (Å²) >= 11 is 1.45. The summed E-state index contributed by atoms with van der Waals surface area (Å²) in [6.45, 7) is 0. The number of carbonyl (C=O) groups is 1. The summed E-state index contributed by atoms with van der Waals surface area (Å²) in [4.78, 5) is 11.6. The molecule has 4 heteroatoms. The molecule has 2 aromatic rings. The number of aliphatic carboxylic acids is 1. The molecule has 0 unspecified atom stereocenters. The third-order valence-electron chi connectivity index (χ3n) is 3.77. The lowest BCUT2D eigenvalue weighted by Crippen LogP contribution is -2.32. The van der Waals surface area contributed by atoms with Crippen LogP contribution in [0.5, 0.6) is 0 Å². The van der Waals surface area contributed by atoms with Crippen LogP contribution in [-0.2, 0) is 10.2 Å². The summed E-state index contributed by atoms with van der Waals surface area (Å²) in [5, 5.41) is 10.6. The summed E-state index contributed by atoms with van der Waals surface area (Å²) in [5.41, 5.74) is 0.283. The molecule has 1 aromatic carbocycles. The van der Waals surface area contributed by atoms with Crippen LogP contribution in [0.2, 0.25) is 0 Å². The molecule has 0 radical (unpaired) electrons. The van der Waals surface area contributed by atoms with Crippen LogP contribution in [0, 0.1) is 0 Å². The molecule has 1 heterocycles. The van der Waals surface area contributed by atoms with E-state index in [1.807, 2.05) is 24.4 Å². The van der Waals surface area contributed by atoms with Gasteiger partial charge in [-0.05, 0) is 42.1 Å². The van der Waals surface area contributed by atoms with Crippen LogP contribution in [-0.4, -0.2) is 15.4 Å².